The number of fused-ring (bicyclic) bond motifs is 1. The minimum atomic E-state index is -0.438. The number of hydrogen-bond acceptors (Lipinski definition) is 5. The second-order valence-corrected chi connectivity index (χ2v) is 9.21. The predicted molar refractivity (Wildman–Crippen MR) is 134 cm³/mol. The van der Waals surface area contributed by atoms with Crippen molar-refractivity contribution in [3.8, 4) is 11.5 Å². The summed E-state index contributed by atoms with van der Waals surface area (Å²) in [7, 11) is 0. The summed E-state index contributed by atoms with van der Waals surface area (Å²) in [5, 5.41) is 13.6. The maximum Gasteiger partial charge on any atom is 0.250 e. The van der Waals surface area contributed by atoms with E-state index in [0.29, 0.717) is 37.8 Å². The monoisotopic (exact) mass is 465 g/mol. The van der Waals surface area contributed by atoms with Gasteiger partial charge in [0.2, 0.25) is 0 Å². The van der Waals surface area contributed by atoms with Gasteiger partial charge in [-0.1, -0.05) is 6.07 Å². The van der Waals surface area contributed by atoms with Crippen LogP contribution in [0.1, 0.15) is 47.7 Å². The molecule has 0 radical (unpaired) electrons. The molecule has 2 aromatic carbocycles. The van der Waals surface area contributed by atoms with Crippen molar-refractivity contribution in [1.29, 1.82) is 0 Å². The number of carbonyl (C=O) groups excluding carboxylic acids is 1. The Morgan fingerprint density at radius 1 is 1.24 bits per heavy atom. The molecule has 3 aromatic rings. The number of ether oxygens (including phenoxy) is 2. The van der Waals surface area contributed by atoms with Crippen molar-refractivity contribution in [2.45, 2.75) is 58.2 Å². The van der Waals surface area contributed by atoms with E-state index in [-0.39, 0.29) is 12.6 Å². The van der Waals surface area contributed by atoms with Crippen LogP contribution >= 0.6 is 0 Å². The summed E-state index contributed by atoms with van der Waals surface area (Å²) >= 11 is 0. The number of carbonyl (C=O) groups is 1. The van der Waals surface area contributed by atoms with Gasteiger partial charge in [-0.15, -0.1) is 0 Å². The van der Waals surface area contributed by atoms with Crippen LogP contribution in [-0.2, 0) is 13.0 Å². The Bertz CT molecular complexity index is 1140. The standard InChI is InChI=1S/C27H35N3O4/c1-18-4-7-24(25(14-18)34-22-5-6-22)33-13-9-29-19(2)15-20-16-21-8-11-30(10-3-12-31)26(21)23(17-20)27(28)32/h4,7-8,11,14,16-17,19,22,29,31H,3,5-6,9-10,12-13,15H2,1-2H3,(H2,28,32)/t19-/m1/s1. The van der Waals surface area contributed by atoms with Crippen LogP contribution in [0.4, 0.5) is 0 Å². The van der Waals surface area contributed by atoms with Gasteiger partial charge in [0.05, 0.1) is 17.2 Å². The highest BCUT2D eigenvalue weighted by atomic mass is 16.5. The SMILES string of the molecule is Cc1ccc(OCCN[C@H](C)Cc2cc(C(N)=O)c3c(ccn3CCCO)c2)c(OC2CC2)c1. The lowest BCUT2D eigenvalue weighted by atomic mass is 10.0. The second kappa shape index (κ2) is 10.9. The van der Waals surface area contributed by atoms with Crippen LogP contribution in [0.25, 0.3) is 10.9 Å². The van der Waals surface area contributed by atoms with Crippen LogP contribution in [-0.4, -0.2) is 47.5 Å². The quantitative estimate of drug-likeness (QED) is 0.335. The fraction of sp³-hybridized carbons (Fsp3) is 0.444. The molecule has 1 amide bonds. The van der Waals surface area contributed by atoms with Gasteiger partial charge in [0.15, 0.2) is 11.5 Å². The molecule has 0 bridgehead atoms. The minimum absolute atomic E-state index is 0.106. The van der Waals surface area contributed by atoms with Crippen LogP contribution < -0.4 is 20.5 Å². The van der Waals surface area contributed by atoms with Gasteiger partial charge in [0, 0.05) is 37.3 Å². The van der Waals surface area contributed by atoms with Crippen LogP contribution in [0.3, 0.4) is 0 Å². The number of aryl methyl sites for hydroxylation is 2. The van der Waals surface area contributed by atoms with Crippen molar-refractivity contribution in [3.63, 3.8) is 0 Å². The number of benzene rings is 2. The summed E-state index contributed by atoms with van der Waals surface area (Å²) in [5.41, 5.74) is 9.27. The molecule has 1 heterocycles. The number of primary amides is 1. The molecule has 4 N–H and O–H groups in total. The Morgan fingerprint density at radius 3 is 2.79 bits per heavy atom. The first-order chi connectivity index (χ1) is 16.4. The summed E-state index contributed by atoms with van der Waals surface area (Å²) in [6, 6.07) is 12.2. The molecular weight excluding hydrogens is 430 g/mol. The molecule has 1 aliphatic rings. The second-order valence-electron chi connectivity index (χ2n) is 9.21. The molecule has 1 fully saturated rings. The average Bonchev–Trinajstić information content (AvgIpc) is 3.53. The number of nitrogens with one attached hydrogen (secondary N) is 1. The van der Waals surface area contributed by atoms with Gasteiger partial charge in [-0.05, 0) is 81.0 Å². The summed E-state index contributed by atoms with van der Waals surface area (Å²) in [6.07, 6.45) is 5.90. The lowest BCUT2D eigenvalue weighted by molar-refractivity contribution is 0.100. The Morgan fingerprint density at radius 2 is 2.06 bits per heavy atom. The van der Waals surface area contributed by atoms with Gasteiger partial charge in [0.1, 0.15) is 6.61 Å². The number of nitrogens with two attached hydrogens (primary N) is 1. The van der Waals surface area contributed by atoms with Crippen LogP contribution in [0.5, 0.6) is 11.5 Å². The largest absolute Gasteiger partial charge is 0.488 e. The van der Waals surface area contributed by atoms with Gasteiger partial charge in [0.25, 0.3) is 5.91 Å². The van der Waals surface area contributed by atoms with E-state index in [1.807, 2.05) is 41.1 Å². The third-order valence-corrected chi connectivity index (χ3v) is 6.05. The lowest BCUT2D eigenvalue weighted by Gasteiger charge is -2.17. The third-order valence-electron chi connectivity index (χ3n) is 6.05. The van der Waals surface area contributed by atoms with Crippen molar-refractivity contribution in [1.82, 2.24) is 9.88 Å². The number of aromatic nitrogens is 1. The minimum Gasteiger partial charge on any atom is -0.488 e. The predicted octanol–water partition coefficient (Wildman–Crippen LogP) is 3.57. The van der Waals surface area contributed by atoms with E-state index in [1.165, 1.54) is 0 Å². The normalized spacial score (nSPS) is 14.3. The lowest BCUT2D eigenvalue weighted by Crippen LogP contribution is -2.32. The molecule has 0 spiro atoms. The van der Waals surface area contributed by atoms with Crippen molar-refractivity contribution in [3.05, 3.63) is 59.3 Å². The number of aliphatic hydroxyl groups is 1. The van der Waals surface area contributed by atoms with E-state index in [4.69, 9.17) is 20.3 Å². The van der Waals surface area contributed by atoms with E-state index in [0.717, 1.165) is 52.8 Å². The molecule has 182 valence electrons. The highest BCUT2D eigenvalue weighted by molar-refractivity contribution is 6.05. The number of hydrogen-bond donors (Lipinski definition) is 3. The molecular formula is C27H35N3O4. The Hall–Kier alpha value is -3.03. The summed E-state index contributed by atoms with van der Waals surface area (Å²) in [5.74, 6) is 1.18. The first-order valence-electron chi connectivity index (χ1n) is 12.1. The van der Waals surface area contributed by atoms with E-state index in [9.17, 15) is 4.79 Å². The first kappa shape index (κ1) is 24.1. The zero-order valence-electron chi connectivity index (χ0n) is 20.0. The molecule has 1 aliphatic carbocycles. The average molecular weight is 466 g/mol. The summed E-state index contributed by atoms with van der Waals surface area (Å²) in [4.78, 5) is 12.2. The molecule has 4 rings (SSSR count). The molecule has 1 saturated carbocycles. The maximum absolute atomic E-state index is 12.2. The molecule has 0 aliphatic heterocycles. The van der Waals surface area contributed by atoms with Gasteiger partial charge in [-0.25, -0.2) is 0 Å². The van der Waals surface area contributed by atoms with Gasteiger partial charge < -0.3 is 30.2 Å². The fourth-order valence-corrected chi connectivity index (χ4v) is 4.23. The van der Waals surface area contributed by atoms with E-state index in [2.05, 4.69) is 25.2 Å². The smallest absolute Gasteiger partial charge is 0.250 e. The molecule has 0 saturated heterocycles. The number of rotatable bonds is 13. The van der Waals surface area contributed by atoms with Crippen molar-refractivity contribution >= 4 is 16.8 Å². The summed E-state index contributed by atoms with van der Waals surface area (Å²) < 4.78 is 14.0. The zero-order valence-corrected chi connectivity index (χ0v) is 20.0. The number of amides is 1. The van der Waals surface area contributed by atoms with Crippen LogP contribution in [0.15, 0.2) is 42.6 Å². The Balaban J connectivity index is 1.34. The molecule has 7 heteroatoms. The zero-order chi connectivity index (χ0) is 24.1. The number of nitrogens with zero attached hydrogens (tertiary/aromatic N) is 1. The highest BCUT2D eigenvalue weighted by Gasteiger charge is 2.25. The van der Waals surface area contributed by atoms with Gasteiger partial charge in [-0.2, -0.15) is 0 Å². The van der Waals surface area contributed by atoms with Crippen molar-refractivity contribution < 1.29 is 19.4 Å². The topological polar surface area (TPSA) is 98.7 Å². The molecule has 1 aromatic heterocycles. The maximum atomic E-state index is 12.2. The number of aliphatic hydroxyl groups excluding tert-OH is 1. The highest BCUT2D eigenvalue weighted by Crippen LogP contribution is 2.34. The third kappa shape index (κ3) is 6.10. The van der Waals surface area contributed by atoms with E-state index in [1.54, 1.807) is 0 Å². The van der Waals surface area contributed by atoms with E-state index < -0.39 is 5.91 Å². The van der Waals surface area contributed by atoms with Gasteiger partial charge >= 0.3 is 0 Å². The fourth-order valence-electron chi connectivity index (χ4n) is 4.23. The molecule has 0 unspecified atom stereocenters. The Kier molecular flexibility index (Phi) is 7.75. The molecule has 34 heavy (non-hydrogen) atoms. The summed E-state index contributed by atoms with van der Waals surface area (Å²) in [6.45, 7) is 6.15. The molecule has 7 nitrogen and oxygen atoms in total. The van der Waals surface area contributed by atoms with Gasteiger partial charge in [-0.3, -0.25) is 4.79 Å². The first-order valence-corrected chi connectivity index (χ1v) is 12.1. The van der Waals surface area contributed by atoms with E-state index >= 15 is 0 Å². The van der Waals surface area contributed by atoms with Crippen LogP contribution in [0.2, 0.25) is 0 Å². The molecule has 1 atom stereocenters. The van der Waals surface area contributed by atoms with Crippen molar-refractivity contribution in [2.24, 2.45) is 5.73 Å². The Labute approximate surface area is 200 Å². The van der Waals surface area contributed by atoms with Crippen molar-refractivity contribution in [2.75, 3.05) is 19.8 Å². The van der Waals surface area contributed by atoms with Crippen LogP contribution in [0, 0.1) is 6.92 Å².